The van der Waals surface area contributed by atoms with E-state index in [1.165, 1.54) is 6.07 Å². The summed E-state index contributed by atoms with van der Waals surface area (Å²) in [5.41, 5.74) is 0.980. The van der Waals surface area contributed by atoms with Gasteiger partial charge in [-0.3, -0.25) is 4.79 Å². The summed E-state index contributed by atoms with van der Waals surface area (Å²) in [7, 11) is 0. The fraction of sp³-hybridized carbons (Fsp3) is 0.200. The van der Waals surface area contributed by atoms with Crippen molar-refractivity contribution >= 4 is 16.9 Å². The third-order valence-corrected chi connectivity index (χ3v) is 3.91. The van der Waals surface area contributed by atoms with E-state index in [0.29, 0.717) is 36.3 Å². The Hall–Kier alpha value is -3.28. The van der Waals surface area contributed by atoms with Crippen LogP contribution in [0.3, 0.4) is 0 Å². The van der Waals surface area contributed by atoms with Crippen LogP contribution in [0, 0.1) is 0 Å². The summed E-state index contributed by atoms with van der Waals surface area (Å²) in [6.45, 7) is 2.76. The van der Waals surface area contributed by atoms with Crippen molar-refractivity contribution in [1.29, 1.82) is 0 Å². The first-order valence-electron chi connectivity index (χ1n) is 8.33. The lowest BCUT2D eigenvalue weighted by Gasteiger charge is -2.09. The number of carbonyl (C=O) groups excluding carboxylic acids is 1. The molecule has 3 aromatic rings. The van der Waals surface area contributed by atoms with E-state index in [0.717, 1.165) is 5.56 Å². The van der Waals surface area contributed by atoms with Crippen LogP contribution in [0.4, 0.5) is 0 Å². The summed E-state index contributed by atoms with van der Waals surface area (Å²) in [4.78, 5) is 24.3. The second kappa shape index (κ2) is 7.74. The molecule has 0 fully saturated rings. The van der Waals surface area contributed by atoms with Crippen molar-refractivity contribution in [2.24, 2.45) is 0 Å². The van der Waals surface area contributed by atoms with Crippen molar-refractivity contribution in [3.05, 3.63) is 70.1 Å². The second-order valence-corrected chi connectivity index (χ2v) is 5.74. The number of hydrogen-bond acceptors (Lipinski definition) is 5. The Balaban J connectivity index is 1.76. The predicted octanol–water partition coefficient (Wildman–Crippen LogP) is 2.87. The van der Waals surface area contributed by atoms with E-state index in [2.05, 4.69) is 5.32 Å². The van der Waals surface area contributed by atoms with Crippen LogP contribution in [-0.2, 0) is 6.42 Å². The molecule has 0 spiro atoms. The van der Waals surface area contributed by atoms with Gasteiger partial charge in [0.05, 0.1) is 12.2 Å². The normalized spacial score (nSPS) is 10.7. The zero-order valence-corrected chi connectivity index (χ0v) is 14.3. The van der Waals surface area contributed by atoms with Crippen LogP contribution in [0.1, 0.15) is 22.8 Å². The summed E-state index contributed by atoms with van der Waals surface area (Å²) in [5.74, 6) is 0.436. The number of amides is 1. The van der Waals surface area contributed by atoms with Gasteiger partial charge in [-0.15, -0.1) is 0 Å². The average Bonchev–Trinajstić information content (AvgIpc) is 2.62. The molecule has 0 bridgehead atoms. The third-order valence-electron chi connectivity index (χ3n) is 3.91. The first-order chi connectivity index (χ1) is 12.6. The van der Waals surface area contributed by atoms with Crippen molar-refractivity contribution in [1.82, 2.24) is 5.32 Å². The van der Waals surface area contributed by atoms with Crippen LogP contribution in [0.5, 0.6) is 11.5 Å². The number of rotatable bonds is 6. The summed E-state index contributed by atoms with van der Waals surface area (Å²) in [5, 5.41) is 12.6. The highest BCUT2D eigenvalue weighted by atomic mass is 16.5. The Morgan fingerprint density at radius 3 is 2.65 bits per heavy atom. The van der Waals surface area contributed by atoms with Gasteiger partial charge in [0.1, 0.15) is 17.1 Å². The van der Waals surface area contributed by atoms with E-state index in [-0.39, 0.29) is 17.2 Å². The minimum absolute atomic E-state index is 0.201. The molecule has 0 radical (unpaired) electrons. The number of ether oxygens (including phenoxy) is 1. The molecule has 0 aliphatic heterocycles. The highest BCUT2D eigenvalue weighted by molar-refractivity contribution is 6.05. The second-order valence-electron chi connectivity index (χ2n) is 5.74. The minimum Gasteiger partial charge on any atom is -0.508 e. The quantitative estimate of drug-likeness (QED) is 0.665. The molecular weight excluding hydrogens is 334 g/mol. The monoisotopic (exact) mass is 353 g/mol. The van der Waals surface area contributed by atoms with E-state index in [4.69, 9.17) is 9.15 Å². The molecule has 1 heterocycles. The number of hydrogen-bond donors (Lipinski definition) is 2. The van der Waals surface area contributed by atoms with Gasteiger partial charge in [0.25, 0.3) is 5.91 Å². The van der Waals surface area contributed by atoms with E-state index < -0.39 is 5.63 Å². The van der Waals surface area contributed by atoms with Crippen LogP contribution in [0.15, 0.2) is 57.7 Å². The van der Waals surface area contributed by atoms with Crippen molar-refractivity contribution < 1.29 is 19.1 Å². The van der Waals surface area contributed by atoms with Gasteiger partial charge < -0.3 is 19.6 Å². The number of carbonyl (C=O) groups is 1. The number of nitrogens with one attached hydrogen (secondary N) is 1. The van der Waals surface area contributed by atoms with Gasteiger partial charge in [-0.05, 0) is 43.2 Å². The maximum absolute atomic E-state index is 12.5. The summed E-state index contributed by atoms with van der Waals surface area (Å²) in [6.07, 6.45) is 0.611. The number of fused-ring (bicyclic) bond motifs is 1. The molecule has 0 atom stereocenters. The Morgan fingerprint density at radius 1 is 1.15 bits per heavy atom. The average molecular weight is 353 g/mol. The maximum atomic E-state index is 12.5. The molecule has 6 nitrogen and oxygen atoms in total. The lowest BCUT2D eigenvalue weighted by molar-refractivity contribution is 0.0955. The molecule has 0 aliphatic rings. The van der Waals surface area contributed by atoms with Crippen molar-refractivity contribution in [2.75, 3.05) is 13.2 Å². The van der Waals surface area contributed by atoms with E-state index >= 15 is 0 Å². The van der Waals surface area contributed by atoms with Crippen molar-refractivity contribution in [2.45, 2.75) is 13.3 Å². The molecule has 6 heteroatoms. The molecule has 134 valence electrons. The van der Waals surface area contributed by atoms with Gasteiger partial charge in [0.15, 0.2) is 0 Å². The molecule has 0 saturated carbocycles. The van der Waals surface area contributed by atoms with Crippen LogP contribution in [0.2, 0.25) is 0 Å². The zero-order valence-electron chi connectivity index (χ0n) is 14.3. The largest absolute Gasteiger partial charge is 0.508 e. The molecule has 0 aliphatic carbocycles. The van der Waals surface area contributed by atoms with Gasteiger partial charge >= 0.3 is 5.63 Å². The van der Waals surface area contributed by atoms with Gasteiger partial charge in [0.2, 0.25) is 0 Å². The Morgan fingerprint density at radius 2 is 1.92 bits per heavy atom. The maximum Gasteiger partial charge on any atom is 0.337 e. The molecule has 2 N–H and O–H groups in total. The van der Waals surface area contributed by atoms with Crippen LogP contribution in [-0.4, -0.2) is 24.2 Å². The van der Waals surface area contributed by atoms with Crippen molar-refractivity contribution in [3.63, 3.8) is 0 Å². The van der Waals surface area contributed by atoms with E-state index in [9.17, 15) is 14.7 Å². The topological polar surface area (TPSA) is 88.8 Å². The lowest BCUT2D eigenvalue weighted by atomic mass is 10.1. The van der Waals surface area contributed by atoms with Crippen LogP contribution < -0.4 is 15.7 Å². The van der Waals surface area contributed by atoms with Crippen LogP contribution in [0.25, 0.3) is 11.0 Å². The standard InChI is InChI=1S/C20H19NO5/c1-2-25-15-7-8-16-17(12-19(23)26-18(16)11-15)20(24)21-10-9-13-3-5-14(22)6-4-13/h3-8,11-12,22H,2,9-10H2,1H3,(H,21,24). The first kappa shape index (κ1) is 17.5. The number of benzene rings is 2. The van der Waals surface area contributed by atoms with Gasteiger partial charge in [-0.2, -0.15) is 0 Å². The van der Waals surface area contributed by atoms with Gasteiger partial charge in [-0.1, -0.05) is 12.1 Å². The smallest absolute Gasteiger partial charge is 0.337 e. The van der Waals surface area contributed by atoms with Crippen LogP contribution >= 0.6 is 0 Å². The lowest BCUT2D eigenvalue weighted by Crippen LogP contribution is -2.26. The number of phenols is 1. The minimum atomic E-state index is -0.588. The fourth-order valence-electron chi connectivity index (χ4n) is 2.67. The molecular formula is C20H19NO5. The highest BCUT2D eigenvalue weighted by Crippen LogP contribution is 2.22. The fourth-order valence-corrected chi connectivity index (χ4v) is 2.67. The highest BCUT2D eigenvalue weighted by Gasteiger charge is 2.13. The molecule has 0 saturated heterocycles. The van der Waals surface area contributed by atoms with E-state index in [1.54, 1.807) is 42.5 Å². The molecule has 0 unspecified atom stereocenters. The zero-order chi connectivity index (χ0) is 18.5. The Kier molecular flexibility index (Phi) is 5.22. The molecule has 3 rings (SSSR count). The summed E-state index contributed by atoms with van der Waals surface area (Å²) in [6, 6.07) is 13.0. The SMILES string of the molecule is CCOc1ccc2c(C(=O)NCCc3ccc(O)cc3)cc(=O)oc2c1. The number of aromatic hydroxyl groups is 1. The summed E-state index contributed by atoms with van der Waals surface area (Å²) >= 11 is 0. The Labute approximate surface area is 150 Å². The predicted molar refractivity (Wildman–Crippen MR) is 97.8 cm³/mol. The van der Waals surface area contributed by atoms with Gasteiger partial charge in [0, 0.05) is 24.1 Å². The number of phenolic OH excluding ortho intramolecular Hbond substituents is 1. The van der Waals surface area contributed by atoms with Gasteiger partial charge in [-0.25, -0.2) is 4.79 Å². The Bertz CT molecular complexity index is 976. The first-order valence-corrected chi connectivity index (χ1v) is 8.33. The molecule has 26 heavy (non-hydrogen) atoms. The molecule has 1 amide bonds. The molecule has 1 aromatic heterocycles. The summed E-state index contributed by atoms with van der Waals surface area (Å²) < 4.78 is 10.6. The van der Waals surface area contributed by atoms with Crippen molar-refractivity contribution in [3.8, 4) is 11.5 Å². The van der Waals surface area contributed by atoms with E-state index in [1.807, 2.05) is 6.92 Å². The third kappa shape index (κ3) is 4.03. The molecule has 2 aromatic carbocycles.